The zero-order chi connectivity index (χ0) is 18.9. The molecule has 0 unspecified atom stereocenters. The van der Waals surface area contributed by atoms with Crippen LogP contribution in [0.4, 0.5) is 5.69 Å². The van der Waals surface area contributed by atoms with Crippen LogP contribution in [0.5, 0.6) is 5.75 Å². The van der Waals surface area contributed by atoms with Gasteiger partial charge in [-0.3, -0.25) is 0 Å². The van der Waals surface area contributed by atoms with Gasteiger partial charge in [0, 0.05) is 6.54 Å². The zero-order valence-corrected chi connectivity index (χ0v) is 15.9. The maximum absolute atomic E-state index is 13.2. The van der Waals surface area contributed by atoms with Crippen molar-refractivity contribution in [3.63, 3.8) is 0 Å². The first-order chi connectivity index (χ1) is 13.1. The lowest BCUT2D eigenvalue weighted by atomic mass is 10.1. The molecule has 0 bridgehead atoms. The Balaban J connectivity index is 1.67. The number of sulfonamides is 1. The fraction of sp³-hybridized carbons (Fsp3) is 0.400. The summed E-state index contributed by atoms with van der Waals surface area (Å²) in [6.45, 7) is 1.01. The Morgan fingerprint density at radius 3 is 2.74 bits per heavy atom. The van der Waals surface area contributed by atoms with Crippen molar-refractivity contribution < 1.29 is 18.3 Å². The molecule has 0 spiro atoms. The van der Waals surface area contributed by atoms with E-state index in [4.69, 9.17) is 4.74 Å². The van der Waals surface area contributed by atoms with Crippen molar-refractivity contribution in [2.75, 3.05) is 24.7 Å². The number of hydrogen-bond acceptors (Lipinski definition) is 5. The molecule has 2 aromatic rings. The number of aliphatic hydroxyl groups is 1. The molecule has 27 heavy (non-hydrogen) atoms. The Morgan fingerprint density at radius 1 is 1.15 bits per heavy atom. The van der Waals surface area contributed by atoms with Crippen molar-refractivity contribution in [1.82, 2.24) is 4.72 Å². The van der Waals surface area contributed by atoms with Crippen molar-refractivity contribution >= 4 is 15.7 Å². The van der Waals surface area contributed by atoms with Gasteiger partial charge in [0.25, 0.3) is 0 Å². The highest BCUT2D eigenvalue weighted by molar-refractivity contribution is 7.89. The Bertz CT molecular complexity index is 901. The van der Waals surface area contributed by atoms with Gasteiger partial charge < -0.3 is 14.7 Å². The first kappa shape index (κ1) is 18.3. The van der Waals surface area contributed by atoms with Gasteiger partial charge in [-0.15, -0.1) is 0 Å². The molecule has 2 atom stereocenters. The van der Waals surface area contributed by atoms with Gasteiger partial charge in [-0.05, 0) is 37.0 Å². The molecule has 6 nitrogen and oxygen atoms in total. The van der Waals surface area contributed by atoms with Gasteiger partial charge in [-0.1, -0.05) is 36.4 Å². The maximum Gasteiger partial charge on any atom is 0.246 e. The SMILES string of the molecule is O=S1(=O)N[C@@H](Cc2ccccc2)COc2cccc(N3CCC[C@H]3CO)c21. The third kappa shape index (κ3) is 3.67. The molecular weight excluding hydrogens is 364 g/mol. The van der Waals surface area contributed by atoms with Crippen molar-refractivity contribution in [2.24, 2.45) is 0 Å². The molecule has 1 fully saturated rings. The van der Waals surface area contributed by atoms with Crippen LogP contribution >= 0.6 is 0 Å². The second-order valence-electron chi connectivity index (χ2n) is 7.10. The number of fused-ring (bicyclic) bond motifs is 1. The van der Waals surface area contributed by atoms with E-state index in [1.54, 1.807) is 12.1 Å². The van der Waals surface area contributed by atoms with Crippen LogP contribution in [0.25, 0.3) is 0 Å². The van der Waals surface area contributed by atoms with E-state index >= 15 is 0 Å². The molecule has 0 aromatic heterocycles. The third-order valence-electron chi connectivity index (χ3n) is 5.21. The molecule has 4 rings (SSSR count). The fourth-order valence-electron chi connectivity index (χ4n) is 3.96. The summed E-state index contributed by atoms with van der Waals surface area (Å²) < 4.78 is 35.1. The smallest absolute Gasteiger partial charge is 0.246 e. The van der Waals surface area contributed by atoms with Gasteiger partial charge in [0.05, 0.1) is 24.4 Å². The van der Waals surface area contributed by atoms with E-state index in [0.29, 0.717) is 17.9 Å². The van der Waals surface area contributed by atoms with Crippen LogP contribution in [0.1, 0.15) is 18.4 Å². The molecule has 0 saturated carbocycles. The van der Waals surface area contributed by atoms with Crippen molar-refractivity contribution in [3.05, 3.63) is 54.1 Å². The molecule has 2 N–H and O–H groups in total. The van der Waals surface area contributed by atoms with E-state index < -0.39 is 10.0 Å². The van der Waals surface area contributed by atoms with Crippen LogP contribution in [-0.4, -0.2) is 45.4 Å². The Hall–Kier alpha value is -2.09. The summed E-state index contributed by atoms with van der Waals surface area (Å²) in [6.07, 6.45) is 2.34. The number of benzene rings is 2. The number of aliphatic hydroxyl groups excluding tert-OH is 1. The van der Waals surface area contributed by atoms with Gasteiger partial charge in [0.2, 0.25) is 10.0 Å². The summed E-state index contributed by atoms with van der Waals surface area (Å²) in [7, 11) is -3.75. The van der Waals surface area contributed by atoms with Crippen LogP contribution in [0.3, 0.4) is 0 Å². The zero-order valence-electron chi connectivity index (χ0n) is 15.0. The standard InChI is InChI=1S/C20H24N2O4S/c23-13-17-8-5-11-22(17)18-9-4-10-19-20(18)27(24,25)21-16(14-26-19)12-15-6-2-1-3-7-15/h1-4,6-7,9-10,16-17,21,23H,5,8,11-14H2/t16-,17-/m0/s1. The predicted octanol–water partition coefficient (Wildman–Crippen LogP) is 1.93. The number of nitrogens with one attached hydrogen (secondary N) is 1. The molecule has 1 saturated heterocycles. The van der Waals surface area contributed by atoms with Gasteiger partial charge in [0.15, 0.2) is 0 Å². The first-order valence-electron chi connectivity index (χ1n) is 9.28. The lowest BCUT2D eigenvalue weighted by Crippen LogP contribution is -2.39. The Morgan fingerprint density at radius 2 is 1.96 bits per heavy atom. The van der Waals surface area contributed by atoms with E-state index in [-0.39, 0.29) is 30.2 Å². The lowest BCUT2D eigenvalue weighted by Gasteiger charge is -2.27. The van der Waals surface area contributed by atoms with E-state index in [1.165, 1.54) is 0 Å². The molecule has 0 amide bonds. The van der Waals surface area contributed by atoms with Crippen molar-refractivity contribution in [3.8, 4) is 5.75 Å². The topological polar surface area (TPSA) is 78.9 Å². The van der Waals surface area contributed by atoms with E-state index in [2.05, 4.69) is 4.72 Å². The second-order valence-corrected chi connectivity index (χ2v) is 8.75. The molecule has 0 radical (unpaired) electrons. The largest absolute Gasteiger partial charge is 0.490 e. The monoisotopic (exact) mass is 388 g/mol. The highest BCUT2D eigenvalue weighted by Gasteiger charge is 2.35. The molecule has 7 heteroatoms. The highest BCUT2D eigenvalue weighted by atomic mass is 32.2. The minimum absolute atomic E-state index is 0.00856. The lowest BCUT2D eigenvalue weighted by molar-refractivity contribution is 0.265. The molecule has 2 aromatic carbocycles. The van der Waals surface area contributed by atoms with Gasteiger partial charge in [0.1, 0.15) is 17.3 Å². The van der Waals surface area contributed by atoms with E-state index in [1.807, 2.05) is 41.3 Å². The van der Waals surface area contributed by atoms with E-state index in [9.17, 15) is 13.5 Å². The van der Waals surface area contributed by atoms with Gasteiger partial charge in [-0.25, -0.2) is 13.1 Å². The van der Waals surface area contributed by atoms with Gasteiger partial charge >= 0.3 is 0 Å². The number of ether oxygens (including phenoxy) is 1. The van der Waals surface area contributed by atoms with Crippen LogP contribution in [0.2, 0.25) is 0 Å². The van der Waals surface area contributed by atoms with Crippen molar-refractivity contribution in [1.29, 1.82) is 0 Å². The minimum atomic E-state index is -3.75. The summed E-state index contributed by atoms with van der Waals surface area (Å²) in [6, 6.07) is 14.7. The quantitative estimate of drug-likeness (QED) is 0.837. The molecular formula is C20H24N2O4S. The normalized spacial score (nSPS) is 24.1. The molecule has 2 heterocycles. The summed E-state index contributed by atoms with van der Waals surface area (Å²) in [4.78, 5) is 2.17. The summed E-state index contributed by atoms with van der Waals surface area (Å²) >= 11 is 0. The van der Waals surface area contributed by atoms with Crippen molar-refractivity contribution in [2.45, 2.75) is 36.2 Å². The number of nitrogens with zero attached hydrogens (tertiary/aromatic N) is 1. The van der Waals surface area contributed by atoms with Crippen LogP contribution in [0, 0.1) is 0 Å². The Kier molecular flexibility index (Phi) is 5.08. The summed E-state index contributed by atoms with van der Waals surface area (Å²) in [5, 5.41) is 9.66. The number of anilines is 1. The van der Waals surface area contributed by atoms with Crippen LogP contribution in [-0.2, 0) is 16.4 Å². The molecule has 2 aliphatic heterocycles. The predicted molar refractivity (Wildman–Crippen MR) is 104 cm³/mol. The number of hydrogen-bond donors (Lipinski definition) is 2. The van der Waals surface area contributed by atoms with Crippen LogP contribution in [0.15, 0.2) is 53.4 Å². The number of rotatable bonds is 4. The van der Waals surface area contributed by atoms with E-state index in [0.717, 1.165) is 24.9 Å². The second kappa shape index (κ2) is 7.50. The van der Waals surface area contributed by atoms with Gasteiger partial charge in [-0.2, -0.15) is 0 Å². The average Bonchev–Trinajstić information content (AvgIpc) is 3.10. The molecule has 2 aliphatic rings. The molecule has 0 aliphatic carbocycles. The molecule has 144 valence electrons. The maximum atomic E-state index is 13.2. The minimum Gasteiger partial charge on any atom is -0.490 e. The average molecular weight is 388 g/mol. The third-order valence-corrected chi connectivity index (χ3v) is 6.80. The fourth-order valence-corrected chi connectivity index (χ4v) is 5.52. The highest BCUT2D eigenvalue weighted by Crippen LogP contribution is 2.38. The first-order valence-corrected chi connectivity index (χ1v) is 10.8. The Labute approximate surface area is 159 Å². The van der Waals surface area contributed by atoms with Crippen LogP contribution < -0.4 is 14.4 Å². The summed E-state index contributed by atoms with van der Waals surface area (Å²) in [5.74, 6) is 0.374. The summed E-state index contributed by atoms with van der Waals surface area (Å²) in [5.41, 5.74) is 1.66.